The Labute approximate surface area is 132 Å². The molecule has 2 N–H and O–H groups in total. The van der Waals surface area contributed by atoms with E-state index in [0.717, 1.165) is 35.8 Å². The van der Waals surface area contributed by atoms with Crippen LogP contribution in [0.2, 0.25) is 5.02 Å². The molecule has 1 aliphatic heterocycles. The highest BCUT2D eigenvalue weighted by atomic mass is 35.5. The topological polar surface area (TPSA) is 44.7 Å². The van der Waals surface area contributed by atoms with Crippen LogP contribution in [0.1, 0.15) is 25.8 Å². The number of anilines is 1. The minimum absolute atomic E-state index is 0.0488. The first kappa shape index (κ1) is 16.6. The quantitative estimate of drug-likeness (QED) is 0.792. The molecule has 1 fully saturated rings. The smallest absolute Gasteiger partial charge is 0.0981 e. The third-order valence-electron chi connectivity index (χ3n) is 3.84. The largest absolute Gasteiger partial charge is 0.394 e. The van der Waals surface area contributed by atoms with Gasteiger partial charge in [-0.2, -0.15) is 0 Å². The summed E-state index contributed by atoms with van der Waals surface area (Å²) in [5, 5.41) is 13.6. The molecule has 21 heavy (non-hydrogen) atoms. The maximum Gasteiger partial charge on any atom is 0.0981 e. The average Bonchev–Trinajstić information content (AvgIpc) is 2.50. The monoisotopic (exact) mass is 312 g/mol. The average molecular weight is 313 g/mol. The zero-order chi connectivity index (χ0) is 15.2. The second-order valence-corrected chi connectivity index (χ2v) is 5.96. The summed E-state index contributed by atoms with van der Waals surface area (Å²) >= 11 is 6.40. The Morgan fingerprint density at radius 1 is 1.48 bits per heavy atom. The molecule has 4 nitrogen and oxygen atoms in total. The number of morpholine rings is 1. The molecule has 0 radical (unpaired) electrons. The van der Waals surface area contributed by atoms with Crippen molar-refractivity contribution in [2.45, 2.75) is 39.0 Å². The number of aliphatic hydroxyl groups excluding tert-OH is 1. The fourth-order valence-electron chi connectivity index (χ4n) is 2.65. The number of rotatable bonds is 6. The predicted molar refractivity (Wildman–Crippen MR) is 87.1 cm³/mol. The first-order valence-electron chi connectivity index (χ1n) is 7.64. The van der Waals surface area contributed by atoms with Crippen LogP contribution in [0.3, 0.4) is 0 Å². The Morgan fingerprint density at radius 2 is 2.29 bits per heavy atom. The van der Waals surface area contributed by atoms with Crippen molar-refractivity contribution in [3.8, 4) is 0 Å². The van der Waals surface area contributed by atoms with Crippen LogP contribution in [0.4, 0.5) is 5.69 Å². The summed E-state index contributed by atoms with van der Waals surface area (Å²) in [7, 11) is 0. The normalized spacial score (nSPS) is 22.6. The van der Waals surface area contributed by atoms with Gasteiger partial charge in [-0.05, 0) is 32.0 Å². The van der Waals surface area contributed by atoms with E-state index >= 15 is 0 Å². The van der Waals surface area contributed by atoms with Gasteiger partial charge in [-0.25, -0.2) is 0 Å². The van der Waals surface area contributed by atoms with Crippen molar-refractivity contribution in [2.24, 2.45) is 0 Å². The zero-order valence-electron chi connectivity index (χ0n) is 12.8. The molecular weight excluding hydrogens is 288 g/mol. The highest BCUT2D eigenvalue weighted by Crippen LogP contribution is 2.30. The summed E-state index contributed by atoms with van der Waals surface area (Å²) in [6.45, 7) is 7.39. The summed E-state index contributed by atoms with van der Waals surface area (Å²) in [6, 6.07) is 6.29. The van der Waals surface area contributed by atoms with Gasteiger partial charge >= 0.3 is 0 Å². The Balaban J connectivity index is 2.22. The van der Waals surface area contributed by atoms with Crippen LogP contribution in [-0.4, -0.2) is 43.6 Å². The minimum atomic E-state index is -0.128. The Morgan fingerprint density at radius 3 is 3.00 bits per heavy atom. The highest BCUT2D eigenvalue weighted by molar-refractivity contribution is 6.31. The second-order valence-electron chi connectivity index (χ2n) is 5.55. The van der Waals surface area contributed by atoms with Crippen molar-refractivity contribution in [1.82, 2.24) is 5.32 Å². The molecule has 2 unspecified atom stereocenters. The molecule has 0 aromatic heterocycles. The Bertz CT molecular complexity index is 456. The lowest BCUT2D eigenvalue weighted by Gasteiger charge is -2.40. The molecule has 1 aromatic carbocycles. The molecule has 1 saturated heterocycles. The molecule has 0 aliphatic carbocycles. The number of hydrogen-bond acceptors (Lipinski definition) is 4. The lowest BCUT2D eigenvalue weighted by molar-refractivity contribution is -0.0103. The van der Waals surface area contributed by atoms with Gasteiger partial charge in [-0.15, -0.1) is 0 Å². The molecule has 0 amide bonds. The molecule has 2 rings (SSSR count). The van der Waals surface area contributed by atoms with E-state index in [0.29, 0.717) is 13.2 Å². The zero-order valence-corrected chi connectivity index (χ0v) is 13.6. The number of halogens is 1. The van der Waals surface area contributed by atoms with Gasteiger partial charge in [0.2, 0.25) is 0 Å². The molecule has 118 valence electrons. The number of benzene rings is 1. The van der Waals surface area contributed by atoms with Crippen LogP contribution in [0.25, 0.3) is 0 Å². The van der Waals surface area contributed by atoms with Crippen LogP contribution >= 0.6 is 11.6 Å². The summed E-state index contributed by atoms with van der Waals surface area (Å²) in [6.07, 6.45) is 0.969. The maximum atomic E-state index is 9.35. The molecule has 2 atom stereocenters. The van der Waals surface area contributed by atoms with Gasteiger partial charge < -0.3 is 20.1 Å². The maximum absolute atomic E-state index is 9.35. The van der Waals surface area contributed by atoms with E-state index in [9.17, 15) is 5.11 Å². The first-order chi connectivity index (χ1) is 10.2. The number of aliphatic hydroxyl groups is 1. The van der Waals surface area contributed by atoms with E-state index in [4.69, 9.17) is 16.3 Å². The van der Waals surface area contributed by atoms with Crippen molar-refractivity contribution in [3.05, 3.63) is 28.8 Å². The molecule has 1 aliphatic rings. The second kappa shape index (κ2) is 7.99. The van der Waals surface area contributed by atoms with Gasteiger partial charge in [-0.1, -0.05) is 24.6 Å². The lowest BCUT2D eigenvalue weighted by atomic mass is 10.1. The lowest BCUT2D eigenvalue weighted by Crippen LogP contribution is -2.50. The standard InChI is InChI=1S/C16H25ClN2O2/c1-3-7-18-8-14-15(17)5-4-6-16(14)19-9-13(10-20)21-11-12(19)2/h4-6,12-13,18,20H,3,7-11H2,1-2H3. The first-order valence-corrected chi connectivity index (χ1v) is 8.02. The number of nitrogens with zero attached hydrogens (tertiary/aromatic N) is 1. The molecule has 0 spiro atoms. The van der Waals surface area contributed by atoms with Gasteiger partial charge in [0, 0.05) is 35.4 Å². The van der Waals surface area contributed by atoms with E-state index in [2.05, 4.69) is 30.1 Å². The molecule has 0 saturated carbocycles. The number of hydrogen-bond donors (Lipinski definition) is 2. The third kappa shape index (κ3) is 4.10. The van der Waals surface area contributed by atoms with Crippen molar-refractivity contribution in [2.75, 3.05) is 31.2 Å². The number of ether oxygens (including phenoxy) is 1. The van der Waals surface area contributed by atoms with Crippen molar-refractivity contribution in [3.63, 3.8) is 0 Å². The molecule has 1 heterocycles. The van der Waals surface area contributed by atoms with E-state index in [1.807, 2.05) is 12.1 Å². The van der Waals surface area contributed by atoms with Gasteiger partial charge in [0.15, 0.2) is 0 Å². The minimum Gasteiger partial charge on any atom is -0.394 e. The SMILES string of the molecule is CCCNCc1c(Cl)cccc1N1CC(CO)OCC1C. The van der Waals surface area contributed by atoms with Crippen LogP contribution in [0, 0.1) is 0 Å². The van der Waals surface area contributed by atoms with Crippen molar-refractivity contribution in [1.29, 1.82) is 0 Å². The fraction of sp³-hybridized carbons (Fsp3) is 0.625. The van der Waals surface area contributed by atoms with Gasteiger partial charge in [0.05, 0.1) is 19.3 Å². The summed E-state index contributed by atoms with van der Waals surface area (Å²) in [4.78, 5) is 2.29. The van der Waals surface area contributed by atoms with Crippen LogP contribution < -0.4 is 10.2 Å². The Hall–Kier alpha value is -0.810. The van der Waals surface area contributed by atoms with E-state index in [1.54, 1.807) is 0 Å². The highest BCUT2D eigenvalue weighted by Gasteiger charge is 2.27. The van der Waals surface area contributed by atoms with Gasteiger partial charge in [-0.3, -0.25) is 0 Å². The fourth-order valence-corrected chi connectivity index (χ4v) is 2.88. The van der Waals surface area contributed by atoms with Crippen LogP contribution in [0.5, 0.6) is 0 Å². The number of nitrogens with one attached hydrogen (secondary N) is 1. The van der Waals surface area contributed by atoms with Crippen LogP contribution in [-0.2, 0) is 11.3 Å². The van der Waals surface area contributed by atoms with E-state index < -0.39 is 0 Å². The summed E-state index contributed by atoms with van der Waals surface area (Å²) in [5.74, 6) is 0. The van der Waals surface area contributed by atoms with Gasteiger partial charge in [0.25, 0.3) is 0 Å². The third-order valence-corrected chi connectivity index (χ3v) is 4.20. The summed E-state index contributed by atoms with van der Waals surface area (Å²) < 4.78 is 5.62. The van der Waals surface area contributed by atoms with Crippen molar-refractivity contribution >= 4 is 17.3 Å². The van der Waals surface area contributed by atoms with E-state index in [-0.39, 0.29) is 18.8 Å². The molecular formula is C16H25ClN2O2. The molecule has 5 heteroatoms. The molecule has 0 bridgehead atoms. The van der Waals surface area contributed by atoms with Crippen LogP contribution in [0.15, 0.2) is 18.2 Å². The van der Waals surface area contributed by atoms with Gasteiger partial charge in [0.1, 0.15) is 0 Å². The molecule has 1 aromatic rings. The van der Waals surface area contributed by atoms with Crippen molar-refractivity contribution < 1.29 is 9.84 Å². The Kier molecular flexibility index (Phi) is 6.30. The predicted octanol–water partition coefficient (Wildman–Crippen LogP) is 2.43. The summed E-state index contributed by atoms with van der Waals surface area (Å²) in [5.41, 5.74) is 2.26. The van der Waals surface area contributed by atoms with E-state index in [1.165, 1.54) is 0 Å².